The molecule has 0 N–H and O–H groups in total. The van der Waals surface area contributed by atoms with Gasteiger partial charge in [0.2, 0.25) is 0 Å². The Morgan fingerprint density at radius 1 is 1.21 bits per heavy atom. The molecule has 0 saturated carbocycles. The van der Waals surface area contributed by atoms with Crippen molar-refractivity contribution in [2.45, 2.75) is 45.8 Å². The fourth-order valence-corrected chi connectivity index (χ4v) is 1.87. The summed E-state index contributed by atoms with van der Waals surface area (Å²) < 4.78 is 10.6. The Kier molecular flexibility index (Phi) is 5.98. The SMILES string of the molecule is CC(CC#C[SH](C)(C)(C)C)OCC(=O)OC(C)(C)C. The van der Waals surface area contributed by atoms with E-state index in [1.54, 1.807) is 0 Å². The summed E-state index contributed by atoms with van der Waals surface area (Å²) in [4.78, 5) is 11.5. The molecule has 0 aromatic rings. The standard InChI is InChI=1S/C15H30O3S/c1-13(10-9-11-19(5,6,7)8)17-12-14(16)18-15(2,3)4/h13,19H,10,12H2,1-8H3. The Bertz CT molecular complexity index is 365. The van der Waals surface area contributed by atoms with Gasteiger partial charge in [0.15, 0.2) is 0 Å². The number of carbonyl (C=O) groups is 1. The van der Waals surface area contributed by atoms with Gasteiger partial charge in [-0.25, -0.2) is 14.0 Å². The lowest BCUT2D eigenvalue weighted by atomic mass is 10.2. The summed E-state index contributed by atoms with van der Waals surface area (Å²) in [5.41, 5.74) is -0.463. The molecule has 0 aliphatic heterocycles. The van der Waals surface area contributed by atoms with E-state index in [4.69, 9.17) is 9.47 Å². The molecular formula is C15H30O3S. The van der Waals surface area contributed by atoms with E-state index in [1.807, 2.05) is 27.7 Å². The Hall–Kier alpha value is -0.660. The van der Waals surface area contributed by atoms with Crippen LogP contribution < -0.4 is 0 Å². The highest BCUT2D eigenvalue weighted by molar-refractivity contribution is 8.51. The van der Waals surface area contributed by atoms with Gasteiger partial charge in [-0.05, 0) is 52.7 Å². The molecule has 0 heterocycles. The second-order valence-electron chi connectivity index (χ2n) is 7.78. The molecule has 114 valence electrons. The maximum Gasteiger partial charge on any atom is 0.332 e. The van der Waals surface area contributed by atoms with Crippen molar-refractivity contribution < 1.29 is 14.3 Å². The van der Waals surface area contributed by atoms with E-state index < -0.39 is 14.8 Å². The zero-order chi connectivity index (χ0) is 15.3. The Morgan fingerprint density at radius 2 is 1.74 bits per heavy atom. The minimum atomic E-state index is -1.77. The highest BCUT2D eigenvalue weighted by Crippen LogP contribution is 2.54. The van der Waals surface area contributed by atoms with Crippen LogP contribution in [0.15, 0.2) is 0 Å². The fraction of sp³-hybridized carbons (Fsp3) is 0.800. The van der Waals surface area contributed by atoms with Gasteiger partial charge in [0.1, 0.15) is 12.2 Å². The lowest BCUT2D eigenvalue weighted by Crippen LogP contribution is -2.27. The zero-order valence-electron chi connectivity index (χ0n) is 13.7. The summed E-state index contributed by atoms with van der Waals surface area (Å²) in [6.07, 6.45) is 9.44. The average molecular weight is 290 g/mol. The topological polar surface area (TPSA) is 35.5 Å². The van der Waals surface area contributed by atoms with Crippen LogP contribution in [0.3, 0.4) is 0 Å². The first-order valence-corrected chi connectivity index (χ1v) is 10.6. The van der Waals surface area contributed by atoms with Gasteiger partial charge in [-0.2, -0.15) is 0 Å². The molecule has 0 bridgehead atoms. The molecule has 0 fully saturated rings. The maximum absolute atomic E-state index is 11.5. The van der Waals surface area contributed by atoms with E-state index in [-0.39, 0.29) is 18.7 Å². The lowest BCUT2D eigenvalue weighted by Gasteiger charge is -2.40. The van der Waals surface area contributed by atoms with Crippen molar-refractivity contribution in [1.29, 1.82) is 0 Å². The van der Waals surface area contributed by atoms with Gasteiger partial charge in [0.05, 0.1) is 6.10 Å². The maximum atomic E-state index is 11.5. The van der Waals surface area contributed by atoms with E-state index in [0.717, 1.165) is 0 Å². The highest BCUT2D eigenvalue weighted by atomic mass is 32.3. The van der Waals surface area contributed by atoms with Crippen LogP contribution in [0.25, 0.3) is 0 Å². The van der Waals surface area contributed by atoms with Gasteiger partial charge < -0.3 is 9.47 Å². The van der Waals surface area contributed by atoms with Crippen LogP contribution in [0.2, 0.25) is 0 Å². The number of carbonyl (C=O) groups excluding carboxylic acids is 1. The summed E-state index contributed by atoms with van der Waals surface area (Å²) in [6, 6.07) is 0. The van der Waals surface area contributed by atoms with Crippen LogP contribution in [-0.4, -0.2) is 49.3 Å². The largest absolute Gasteiger partial charge is 0.458 e. The number of hydrogen-bond acceptors (Lipinski definition) is 3. The van der Waals surface area contributed by atoms with Crippen molar-refractivity contribution in [3.8, 4) is 11.2 Å². The third kappa shape index (κ3) is 13.6. The van der Waals surface area contributed by atoms with Crippen molar-refractivity contribution >= 4 is 15.1 Å². The third-order valence-electron chi connectivity index (χ3n) is 1.82. The Labute approximate surface area is 118 Å². The molecule has 19 heavy (non-hydrogen) atoms. The molecule has 0 amide bonds. The summed E-state index contributed by atoms with van der Waals surface area (Å²) in [5.74, 6) is 2.84. The summed E-state index contributed by atoms with van der Waals surface area (Å²) in [7, 11) is -1.77. The summed E-state index contributed by atoms with van der Waals surface area (Å²) in [5, 5.41) is 3.34. The first kappa shape index (κ1) is 18.3. The molecular weight excluding hydrogens is 260 g/mol. The first-order chi connectivity index (χ1) is 8.25. The first-order valence-electron chi connectivity index (χ1n) is 6.59. The van der Waals surface area contributed by atoms with Gasteiger partial charge in [0, 0.05) is 6.42 Å². The second kappa shape index (κ2) is 6.19. The number of rotatable bonds is 4. The van der Waals surface area contributed by atoms with Crippen LogP contribution in [0.5, 0.6) is 0 Å². The molecule has 4 heteroatoms. The fourth-order valence-electron chi connectivity index (χ4n) is 1.15. The van der Waals surface area contributed by atoms with E-state index in [9.17, 15) is 4.79 Å². The molecule has 0 spiro atoms. The quantitative estimate of drug-likeness (QED) is 0.491. The van der Waals surface area contributed by atoms with E-state index >= 15 is 0 Å². The van der Waals surface area contributed by atoms with Gasteiger partial charge in [-0.3, -0.25) is 0 Å². The number of hydrogen-bond donors (Lipinski definition) is 1. The molecule has 1 atom stereocenters. The average Bonchev–Trinajstić information content (AvgIpc) is 2.08. The predicted molar refractivity (Wildman–Crippen MR) is 86.3 cm³/mol. The highest BCUT2D eigenvalue weighted by Gasteiger charge is 2.17. The van der Waals surface area contributed by atoms with Gasteiger partial charge in [0.25, 0.3) is 0 Å². The van der Waals surface area contributed by atoms with Crippen molar-refractivity contribution in [3.63, 3.8) is 0 Å². The normalized spacial score (nSPS) is 15.7. The van der Waals surface area contributed by atoms with Crippen LogP contribution >= 0.6 is 9.16 Å². The number of esters is 1. The Balaban J connectivity index is 4.08. The minimum absolute atomic E-state index is 0.0137. The molecule has 0 saturated heterocycles. The summed E-state index contributed by atoms with van der Waals surface area (Å²) >= 11 is 0. The molecule has 0 aliphatic carbocycles. The van der Waals surface area contributed by atoms with Crippen LogP contribution in [0.1, 0.15) is 34.1 Å². The number of ether oxygens (including phenoxy) is 2. The smallest absolute Gasteiger partial charge is 0.332 e. The van der Waals surface area contributed by atoms with E-state index in [2.05, 4.69) is 36.2 Å². The summed E-state index contributed by atoms with van der Waals surface area (Å²) in [6.45, 7) is 7.43. The van der Waals surface area contributed by atoms with Crippen molar-refractivity contribution in [1.82, 2.24) is 0 Å². The Morgan fingerprint density at radius 3 is 2.16 bits per heavy atom. The second-order valence-corrected chi connectivity index (χ2v) is 15.2. The molecule has 3 nitrogen and oxygen atoms in total. The number of thiol groups is 1. The van der Waals surface area contributed by atoms with E-state index in [1.165, 1.54) is 0 Å². The minimum Gasteiger partial charge on any atom is -0.458 e. The van der Waals surface area contributed by atoms with E-state index in [0.29, 0.717) is 6.42 Å². The molecule has 0 aromatic heterocycles. The molecule has 0 radical (unpaired) electrons. The zero-order valence-corrected chi connectivity index (χ0v) is 14.6. The predicted octanol–water partition coefficient (Wildman–Crippen LogP) is 2.68. The van der Waals surface area contributed by atoms with Gasteiger partial charge >= 0.3 is 5.97 Å². The molecule has 0 rings (SSSR count). The van der Waals surface area contributed by atoms with Gasteiger partial charge in [-0.15, -0.1) is 0 Å². The van der Waals surface area contributed by atoms with Gasteiger partial charge in [-0.1, -0.05) is 11.2 Å². The molecule has 0 aliphatic rings. The monoisotopic (exact) mass is 290 g/mol. The van der Waals surface area contributed by atoms with Crippen LogP contribution in [-0.2, 0) is 14.3 Å². The van der Waals surface area contributed by atoms with Crippen LogP contribution in [0.4, 0.5) is 0 Å². The van der Waals surface area contributed by atoms with Crippen LogP contribution in [0, 0.1) is 11.2 Å². The van der Waals surface area contributed by atoms with Crippen molar-refractivity contribution in [2.75, 3.05) is 31.6 Å². The van der Waals surface area contributed by atoms with Crippen molar-refractivity contribution in [3.05, 3.63) is 0 Å². The van der Waals surface area contributed by atoms with Crippen molar-refractivity contribution in [2.24, 2.45) is 0 Å². The molecule has 1 unspecified atom stereocenters. The molecule has 0 aromatic carbocycles. The third-order valence-corrected chi connectivity index (χ3v) is 2.87. The lowest BCUT2D eigenvalue weighted by molar-refractivity contribution is -0.161.